The quantitative estimate of drug-likeness (QED) is 0.366. The van der Waals surface area contributed by atoms with Crippen LogP contribution in [0.2, 0.25) is 0 Å². The summed E-state index contributed by atoms with van der Waals surface area (Å²) >= 11 is 0. The summed E-state index contributed by atoms with van der Waals surface area (Å²) in [6.07, 6.45) is 1.71. The summed E-state index contributed by atoms with van der Waals surface area (Å²) < 4.78 is 13.0. The number of nitrogens with zero attached hydrogens (tertiary/aromatic N) is 1. The molecule has 3 heteroatoms. The SMILES string of the molecule is C[C-](C)C(C)(C)C(C)(C)[C-](C)C.Cc1cc(-c2ccccn2)[c-]cc1F.[Pt]. The molecule has 0 spiro atoms. The third-order valence-electron chi connectivity index (χ3n) is 6.10. The molecule has 154 valence electrons. The molecular formula is C24H33FNPt-3. The van der Waals surface area contributed by atoms with Gasteiger partial charge in [0, 0.05) is 33.1 Å². The fourth-order valence-corrected chi connectivity index (χ4v) is 2.50. The Morgan fingerprint density at radius 2 is 1.48 bits per heavy atom. The zero-order valence-corrected chi connectivity index (χ0v) is 20.4. The van der Waals surface area contributed by atoms with Crippen LogP contribution >= 0.6 is 0 Å². The Bertz CT molecular complexity index is 673. The van der Waals surface area contributed by atoms with Gasteiger partial charge in [-0.05, 0) is 11.8 Å². The van der Waals surface area contributed by atoms with Crippen LogP contribution in [0.4, 0.5) is 4.39 Å². The standard InChI is InChI=1S/C12H9FN.C12H24.Pt/c1-9-8-10(5-6-11(9)13)12-4-2-3-7-14-12;1-9(2)11(5,6)12(7,8)10(3)4;/h2-4,6-8H,1H3;1-8H3;/q-1;-2;. The monoisotopic (exact) mass is 549 g/mol. The summed E-state index contributed by atoms with van der Waals surface area (Å²) in [5.74, 6) is 2.78. The van der Waals surface area contributed by atoms with Crippen molar-refractivity contribution in [1.29, 1.82) is 0 Å². The van der Waals surface area contributed by atoms with Crippen LogP contribution in [0.25, 0.3) is 11.3 Å². The molecule has 1 nitrogen and oxygen atoms in total. The second-order valence-corrected chi connectivity index (χ2v) is 8.34. The van der Waals surface area contributed by atoms with Crippen molar-refractivity contribution in [1.82, 2.24) is 4.98 Å². The Labute approximate surface area is 180 Å². The number of rotatable bonds is 4. The van der Waals surface area contributed by atoms with Crippen molar-refractivity contribution in [2.45, 2.75) is 62.3 Å². The predicted octanol–water partition coefficient (Wildman–Crippen LogP) is 7.26. The van der Waals surface area contributed by atoms with Gasteiger partial charge < -0.3 is 16.8 Å². The summed E-state index contributed by atoms with van der Waals surface area (Å²) in [6, 6.07) is 11.6. The first kappa shape index (κ1) is 26.0. The van der Waals surface area contributed by atoms with Crippen molar-refractivity contribution in [3.63, 3.8) is 0 Å². The number of hydrogen-bond acceptors (Lipinski definition) is 1. The minimum Gasteiger partial charge on any atom is -0.316 e. The van der Waals surface area contributed by atoms with E-state index in [1.54, 1.807) is 19.2 Å². The van der Waals surface area contributed by atoms with E-state index in [1.165, 1.54) is 17.9 Å². The second-order valence-electron chi connectivity index (χ2n) is 8.34. The maximum absolute atomic E-state index is 13.0. The Morgan fingerprint density at radius 3 is 1.85 bits per heavy atom. The molecule has 1 heterocycles. The minimum absolute atomic E-state index is 0. The molecule has 0 N–H and O–H groups in total. The normalized spacial score (nSPS) is 11.7. The van der Waals surface area contributed by atoms with Crippen LogP contribution in [-0.4, -0.2) is 4.98 Å². The van der Waals surface area contributed by atoms with Crippen molar-refractivity contribution in [2.75, 3.05) is 0 Å². The maximum Gasteiger partial charge on any atom is 0.0408 e. The van der Waals surface area contributed by atoms with Crippen molar-refractivity contribution in [2.24, 2.45) is 10.8 Å². The van der Waals surface area contributed by atoms with Crippen molar-refractivity contribution < 1.29 is 25.5 Å². The molecular weight excluding hydrogens is 516 g/mol. The van der Waals surface area contributed by atoms with E-state index >= 15 is 0 Å². The number of aromatic nitrogens is 1. The molecule has 0 fully saturated rings. The Kier molecular flexibility index (Phi) is 10.1. The molecule has 27 heavy (non-hydrogen) atoms. The Hall–Kier alpha value is -1.01. The van der Waals surface area contributed by atoms with Gasteiger partial charge in [0.05, 0.1) is 0 Å². The molecule has 1 aromatic carbocycles. The van der Waals surface area contributed by atoms with Gasteiger partial charge in [-0.1, -0.05) is 52.3 Å². The topological polar surface area (TPSA) is 12.9 Å². The van der Waals surface area contributed by atoms with Gasteiger partial charge in [-0.15, -0.1) is 23.8 Å². The fraction of sp³-hybridized carbons (Fsp3) is 0.458. The zero-order chi connectivity index (χ0) is 20.1. The number of aryl methyl sites for hydroxylation is 1. The molecule has 0 atom stereocenters. The summed E-state index contributed by atoms with van der Waals surface area (Å²) in [4.78, 5) is 4.17. The molecule has 0 unspecified atom stereocenters. The summed E-state index contributed by atoms with van der Waals surface area (Å²) in [7, 11) is 0. The molecule has 0 saturated heterocycles. The first-order valence-corrected chi connectivity index (χ1v) is 9.11. The molecule has 0 radical (unpaired) electrons. The van der Waals surface area contributed by atoms with Gasteiger partial charge >= 0.3 is 0 Å². The number of pyridine rings is 1. The van der Waals surface area contributed by atoms with E-state index in [1.807, 2.05) is 18.2 Å². The Morgan fingerprint density at radius 1 is 0.963 bits per heavy atom. The van der Waals surface area contributed by atoms with Crippen LogP contribution in [0.3, 0.4) is 0 Å². The first-order valence-electron chi connectivity index (χ1n) is 9.11. The van der Waals surface area contributed by atoms with Gasteiger partial charge in [0.25, 0.3) is 0 Å². The van der Waals surface area contributed by atoms with Crippen molar-refractivity contribution in [3.8, 4) is 11.3 Å². The molecule has 0 aliphatic carbocycles. The van der Waals surface area contributed by atoms with Gasteiger partial charge in [0.2, 0.25) is 0 Å². The molecule has 2 aromatic rings. The molecule has 0 saturated carbocycles. The van der Waals surface area contributed by atoms with E-state index in [2.05, 4.69) is 66.4 Å². The van der Waals surface area contributed by atoms with Crippen LogP contribution in [-0.2, 0) is 21.1 Å². The molecule has 0 aliphatic heterocycles. The van der Waals surface area contributed by atoms with Gasteiger partial charge in [-0.25, -0.2) is 0 Å². The molecule has 1 aromatic heterocycles. The van der Waals surface area contributed by atoms with E-state index in [0.29, 0.717) is 16.4 Å². The minimum atomic E-state index is -0.232. The van der Waals surface area contributed by atoms with Crippen LogP contribution in [0, 0.1) is 41.5 Å². The van der Waals surface area contributed by atoms with E-state index in [0.717, 1.165) is 11.3 Å². The number of halogens is 1. The summed E-state index contributed by atoms with van der Waals surface area (Å²) in [5, 5.41) is 0. The average molecular weight is 550 g/mol. The summed E-state index contributed by atoms with van der Waals surface area (Å²) in [6.45, 7) is 20.0. The van der Waals surface area contributed by atoms with Crippen LogP contribution in [0.5, 0.6) is 0 Å². The number of hydrogen-bond donors (Lipinski definition) is 0. The maximum atomic E-state index is 13.0. The van der Waals surface area contributed by atoms with Gasteiger partial charge in [-0.2, -0.15) is 38.5 Å². The van der Waals surface area contributed by atoms with E-state index in [-0.39, 0.29) is 26.9 Å². The largest absolute Gasteiger partial charge is 0.316 e. The average Bonchev–Trinajstić information content (AvgIpc) is 2.58. The third-order valence-corrected chi connectivity index (χ3v) is 6.10. The molecule has 0 amide bonds. The van der Waals surface area contributed by atoms with E-state index in [4.69, 9.17) is 0 Å². The van der Waals surface area contributed by atoms with Crippen molar-refractivity contribution in [3.05, 3.63) is 65.8 Å². The summed E-state index contributed by atoms with van der Waals surface area (Å²) in [5.41, 5.74) is 2.85. The van der Waals surface area contributed by atoms with E-state index in [9.17, 15) is 4.39 Å². The number of benzene rings is 1. The Balaban J connectivity index is 0.000000491. The molecule has 0 aliphatic rings. The van der Waals surface area contributed by atoms with Crippen LogP contribution in [0.1, 0.15) is 61.0 Å². The first-order chi connectivity index (χ1) is 11.9. The van der Waals surface area contributed by atoms with Gasteiger partial charge in [0.15, 0.2) is 0 Å². The fourth-order valence-electron chi connectivity index (χ4n) is 2.50. The van der Waals surface area contributed by atoms with Gasteiger partial charge in [0.1, 0.15) is 0 Å². The molecule has 2 rings (SSSR count). The van der Waals surface area contributed by atoms with E-state index < -0.39 is 0 Å². The van der Waals surface area contributed by atoms with Crippen LogP contribution in [0.15, 0.2) is 36.5 Å². The predicted molar refractivity (Wildman–Crippen MR) is 110 cm³/mol. The van der Waals surface area contributed by atoms with Crippen molar-refractivity contribution >= 4 is 0 Å². The molecule has 0 bridgehead atoms. The smallest absolute Gasteiger partial charge is 0.0408 e. The van der Waals surface area contributed by atoms with Crippen LogP contribution < -0.4 is 0 Å². The second kappa shape index (κ2) is 10.5. The third kappa shape index (κ3) is 6.52. The zero-order valence-electron chi connectivity index (χ0n) is 18.1. The van der Waals surface area contributed by atoms with Gasteiger partial charge in [-0.3, -0.25) is 4.39 Å².